The molecule has 0 aliphatic rings. The zero-order valence-electron chi connectivity index (χ0n) is 19.8. The quantitative estimate of drug-likeness (QED) is 0.168. The SMILES string of the molecule is O=S(=O)(O)C(F)(F)COc1ccc([S+](c2ccccc2)c2ccc(OCC(O)(C(F)(F)F)C(F)(F)F)cc2)cc1. The van der Waals surface area contributed by atoms with Crippen molar-refractivity contribution in [1.82, 2.24) is 0 Å². The van der Waals surface area contributed by atoms with Gasteiger partial charge in [0.2, 0.25) is 0 Å². The van der Waals surface area contributed by atoms with Crippen molar-refractivity contribution in [2.75, 3.05) is 13.2 Å². The molecule has 0 aromatic heterocycles. The van der Waals surface area contributed by atoms with Gasteiger partial charge in [0.15, 0.2) is 21.3 Å². The van der Waals surface area contributed by atoms with Crippen LogP contribution in [0, 0.1) is 0 Å². The lowest BCUT2D eigenvalue weighted by atomic mass is 10.0. The van der Waals surface area contributed by atoms with Crippen molar-refractivity contribution in [3.05, 3.63) is 78.9 Å². The Hall–Kier alpha value is -3.08. The van der Waals surface area contributed by atoms with Crippen LogP contribution in [-0.2, 0) is 21.0 Å². The van der Waals surface area contributed by atoms with E-state index in [1.54, 1.807) is 30.3 Å². The molecule has 0 amide bonds. The van der Waals surface area contributed by atoms with Crippen LogP contribution in [0.15, 0.2) is 93.5 Å². The minimum absolute atomic E-state index is 0.144. The van der Waals surface area contributed by atoms with Crippen LogP contribution in [0.5, 0.6) is 11.5 Å². The van der Waals surface area contributed by atoms with E-state index in [0.29, 0.717) is 9.79 Å². The summed E-state index contributed by atoms with van der Waals surface area (Å²) >= 11 is 0. The first kappa shape index (κ1) is 31.4. The Kier molecular flexibility index (Phi) is 8.98. The predicted octanol–water partition coefficient (Wildman–Crippen LogP) is 5.88. The molecule has 3 aromatic carbocycles. The van der Waals surface area contributed by atoms with Gasteiger partial charge in [-0.25, -0.2) is 0 Å². The summed E-state index contributed by atoms with van der Waals surface area (Å²) in [5.41, 5.74) is -5.08. The van der Waals surface area contributed by atoms with Gasteiger partial charge in [0.1, 0.15) is 18.1 Å². The Balaban J connectivity index is 1.85. The molecule has 218 valence electrons. The van der Waals surface area contributed by atoms with Crippen LogP contribution in [0.3, 0.4) is 0 Å². The molecule has 0 spiro atoms. The molecule has 1 unspecified atom stereocenters. The largest absolute Gasteiger partial charge is 0.490 e. The molecule has 6 nitrogen and oxygen atoms in total. The van der Waals surface area contributed by atoms with Gasteiger partial charge >= 0.3 is 27.7 Å². The molecular formula is C24H19F8O6S2+. The Morgan fingerprint density at radius 1 is 0.625 bits per heavy atom. The average Bonchev–Trinajstić information content (AvgIpc) is 2.86. The summed E-state index contributed by atoms with van der Waals surface area (Å²) in [6.07, 6.45) is -12.1. The Labute approximate surface area is 225 Å². The van der Waals surface area contributed by atoms with Gasteiger partial charge < -0.3 is 14.6 Å². The summed E-state index contributed by atoms with van der Waals surface area (Å²) in [4.78, 5) is 1.84. The van der Waals surface area contributed by atoms with E-state index in [1.165, 1.54) is 36.4 Å². The number of ether oxygens (including phenoxy) is 2. The maximum atomic E-state index is 13.4. The number of hydrogen-bond donors (Lipinski definition) is 2. The fourth-order valence-electron chi connectivity index (χ4n) is 3.06. The Morgan fingerprint density at radius 3 is 1.38 bits per heavy atom. The molecule has 0 radical (unpaired) electrons. The van der Waals surface area contributed by atoms with Gasteiger partial charge in [-0.05, 0) is 60.7 Å². The number of halogens is 8. The monoisotopic (exact) mass is 619 g/mol. The molecule has 0 saturated carbocycles. The minimum atomic E-state index is -6.04. The first-order chi connectivity index (χ1) is 18.4. The molecule has 0 saturated heterocycles. The van der Waals surface area contributed by atoms with Crippen molar-refractivity contribution >= 4 is 21.0 Å². The van der Waals surface area contributed by atoms with Gasteiger partial charge in [-0.2, -0.15) is 43.5 Å². The van der Waals surface area contributed by atoms with Crippen LogP contribution in [0.25, 0.3) is 0 Å². The Bertz CT molecular complexity index is 1360. The van der Waals surface area contributed by atoms with Crippen LogP contribution in [0.2, 0.25) is 0 Å². The normalized spacial score (nSPS) is 14.1. The van der Waals surface area contributed by atoms with E-state index in [-0.39, 0.29) is 11.5 Å². The van der Waals surface area contributed by atoms with Crippen molar-refractivity contribution in [2.24, 2.45) is 0 Å². The van der Waals surface area contributed by atoms with Gasteiger partial charge in [0.05, 0.1) is 10.9 Å². The molecule has 0 bridgehead atoms. The third-order valence-corrected chi connectivity index (χ3v) is 8.37. The highest BCUT2D eigenvalue weighted by molar-refractivity contribution is 7.97. The number of hydrogen-bond acceptors (Lipinski definition) is 5. The molecular weight excluding hydrogens is 600 g/mol. The molecule has 0 aliphatic carbocycles. The molecule has 2 N–H and O–H groups in total. The van der Waals surface area contributed by atoms with E-state index >= 15 is 0 Å². The number of rotatable bonds is 10. The molecule has 3 rings (SSSR count). The molecule has 3 aromatic rings. The van der Waals surface area contributed by atoms with E-state index in [4.69, 9.17) is 9.29 Å². The highest BCUT2D eigenvalue weighted by Gasteiger charge is 2.71. The zero-order chi connectivity index (χ0) is 30.0. The van der Waals surface area contributed by atoms with E-state index in [2.05, 4.69) is 4.74 Å². The third kappa shape index (κ3) is 6.97. The fourth-order valence-corrected chi connectivity index (χ4v) is 5.33. The van der Waals surface area contributed by atoms with E-state index in [9.17, 15) is 48.6 Å². The highest BCUT2D eigenvalue weighted by atomic mass is 32.2. The van der Waals surface area contributed by atoms with Gasteiger partial charge in [-0.1, -0.05) is 18.2 Å². The van der Waals surface area contributed by atoms with Crippen LogP contribution in [0.4, 0.5) is 35.1 Å². The number of aliphatic hydroxyl groups is 1. The first-order valence-electron chi connectivity index (χ1n) is 10.8. The second-order valence-corrected chi connectivity index (χ2v) is 11.7. The topological polar surface area (TPSA) is 93.1 Å². The summed E-state index contributed by atoms with van der Waals surface area (Å²) in [6.45, 7) is -3.77. The van der Waals surface area contributed by atoms with Crippen LogP contribution < -0.4 is 9.47 Å². The van der Waals surface area contributed by atoms with Gasteiger partial charge in [-0.3, -0.25) is 4.55 Å². The summed E-state index contributed by atoms with van der Waals surface area (Å²) in [7, 11) is -6.61. The van der Waals surface area contributed by atoms with E-state index in [1.807, 2.05) is 0 Å². The molecule has 0 fully saturated rings. The molecule has 1 atom stereocenters. The van der Waals surface area contributed by atoms with E-state index in [0.717, 1.165) is 17.0 Å². The maximum absolute atomic E-state index is 13.4. The minimum Gasteiger partial charge on any atom is -0.490 e. The lowest BCUT2D eigenvalue weighted by Crippen LogP contribution is -2.60. The maximum Gasteiger partial charge on any atom is 0.429 e. The molecule has 40 heavy (non-hydrogen) atoms. The van der Waals surface area contributed by atoms with Gasteiger partial charge in [-0.15, -0.1) is 0 Å². The van der Waals surface area contributed by atoms with Crippen molar-refractivity contribution in [1.29, 1.82) is 0 Å². The molecule has 0 heterocycles. The lowest BCUT2D eigenvalue weighted by molar-refractivity contribution is -0.373. The summed E-state index contributed by atoms with van der Waals surface area (Å²) in [5, 5.41) is 4.72. The Morgan fingerprint density at radius 2 is 1.00 bits per heavy atom. The molecule has 16 heteroatoms. The summed E-state index contributed by atoms with van der Waals surface area (Å²) in [6, 6.07) is 19.2. The molecule has 0 aliphatic heterocycles. The number of benzene rings is 3. The number of alkyl halides is 8. The van der Waals surface area contributed by atoms with Crippen molar-refractivity contribution in [2.45, 2.75) is 37.9 Å². The van der Waals surface area contributed by atoms with E-state index < -0.39 is 57.4 Å². The van der Waals surface area contributed by atoms with Crippen LogP contribution >= 0.6 is 0 Å². The summed E-state index contributed by atoms with van der Waals surface area (Å²) in [5.74, 6) is -0.523. The third-order valence-electron chi connectivity index (χ3n) is 5.27. The first-order valence-corrected chi connectivity index (χ1v) is 13.5. The van der Waals surface area contributed by atoms with Gasteiger partial charge in [0, 0.05) is 0 Å². The lowest BCUT2D eigenvalue weighted by Gasteiger charge is -2.31. The standard InChI is InChI=1S/C24H18F8O6S2/c25-22(26,40(34,35)36)15-38-17-8-12-20(13-9-17)39(18-4-2-1-3-5-18)19-10-6-16(7-11-19)37-14-21(33,23(27,28)29)24(30,31)32/h1-13,33H,14-15H2/p+1. The summed E-state index contributed by atoms with van der Waals surface area (Å²) < 4.78 is 144. The average molecular weight is 620 g/mol. The van der Waals surface area contributed by atoms with Crippen LogP contribution in [0.1, 0.15) is 0 Å². The van der Waals surface area contributed by atoms with Crippen molar-refractivity contribution < 1.29 is 62.7 Å². The fraction of sp³-hybridized carbons (Fsp3) is 0.250. The smallest absolute Gasteiger partial charge is 0.429 e. The highest BCUT2D eigenvalue weighted by Crippen LogP contribution is 2.43. The van der Waals surface area contributed by atoms with Crippen molar-refractivity contribution in [3.63, 3.8) is 0 Å². The second-order valence-electron chi connectivity index (χ2n) is 8.11. The van der Waals surface area contributed by atoms with Crippen molar-refractivity contribution in [3.8, 4) is 11.5 Å². The zero-order valence-corrected chi connectivity index (χ0v) is 21.4. The van der Waals surface area contributed by atoms with Crippen LogP contribution in [-0.4, -0.2) is 54.5 Å². The second kappa shape index (κ2) is 11.4. The predicted molar refractivity (Wildman–Crippen MR) is 126 cm³/mol. The van der Waals surface area contributed by atoms with Gasteiger partial charge in [0.25, 0.3) is 5.60 Å².